The number of aliphatic carboxylic acids is 1. The normalized spacial score (nSPS) is 10.7. The third-order valence-corrected chi connectivity index (χ3v) is 3.99. The number of carboxylic acids is 1. The maximum absolute atomic E-state index is 12.2. The highest BCUT2D eigenvalue weighted by Gasteiger charge is 2.13. The number of anilines is 1. The van der Waals surface area contributed by atoms with Gasteiger partial charge in [0.2, 0.25) is 0 Å². The Labute approximate surface area is 136 Å². The largest absolute Gasteiger partial charge is 0.478 e. The minimum atomic E-state index is -3.71. The molecule has 2 aromatic carbocycles. The average Bonchev–Trinajstić information content (AvgIpc) is 2.56. The van der Waals surface area contributed by atoms with E-state index in [1.807, 2.05) is 13.8 Å². The van der Waals surface area contributed by atoms with Crippen LogP contribution in [0.2, 0.25) is 0 Å². The number of hydrogen-bond donors (Lipinski definition) is 2. The zero-order valence-electron chi connectivity index (χ0n) is 12.9. The molecule has 0 amide bonds. The maximum Gasteiger partial charge on any atom is 0.328 e. The van der Waals surface area contributed by atoms with E-state index in [9.17, 15) is 13.2 Å². The molecular weight excluding hydrogens is 314 g/mol. The lowest BCUT2D eigenvalue weighted by atomic mass is 10.2. The fraction of sp³-hybridized carbons (Fsp3) is 0.118. The summed E-state index contributed by atoms with van der Waals surface area (Å²) >= 11 is 0. The van der Waals surface area contributed by atoms with Crippen molar-refractivity contribution in [2.75, 3.05) is 4.72 Å². The van der Waals surface area contributed by atoms with Crippen molar-refractivity contribution in [2.24, 2.45) is 0 Å². The molecule has 0 fully saturated rings. The van der Waals surface area contributed by atoms with Gasteiger partial charge in [-0.15, -0.1) is 0 Å². The van der Waals surface area contributed by atoms with E-state index in [0.29, 0.717) is 11.3 Å². The Kier molecular flexibility index (Phi) is 7.02. The zero-order chi connectivity index (χ0) is 17.3. The second-order valence-electron chi connectivity index (χ2n) is 4.22. The Morgan fingerprint density at radius 2 is 1.70 bits per heavy atom. The number of nitrogens with one attached hydrogen (secondary N) is 1. The molecule has 0 aliphatic rings. The standard InChI is InChI=1S/C15H13NO4S.C2H6/c17-15(18)10-9-12-5-4-8-14(11-12)21(19,20)16-13-6-2-1-3-7-13;1-2/h1-11,16H,(H,17,18);1-2H3/b10-9+;. The smallest absolute Gasteiger partial charge is 0.328 e. The minimum Gasteiger partial charge on any atom is -0.478 e. The van der Waals surface area contributed by atoms with E-state index in [2.05, 4.69) is 4.72 Å². The van der Waals surface area contributed by atoms with Crippen LogP contribution in [0.15, 0.2) is 65.6 Å². The van der Waals surface area contributed by atoms with Crippen LogP contribution in [0.25, 0.3) is 6.08 Å². The van der Waals surface area contributed by atoms with Crippen molar-refractivity contribution < 1.29 is 18.3 Å². The van der Waals surface area contributed by atoms with E-state index in [1.165, 1.54) is 18.2 Å². The molecule has 0 saturated carbocycles. The Morgan fingerprint density at radius 3 is 2.30 bits per heavy atom. The van der Waals surface area contributed by atoms with Gasteiger partial charge in [-0.3, -0.25) is 4.72 Å². The molecule has 23 heavy (non-hydrogen) atoms. The molecule has 0 saturated heterocycles. The van der Waals surface area contributed by atoms with E-state index in [-0.39, 0.29) is 4.90 Å². The summed E-state index contributed by atoms with van der Waals surface area (Å²) in [6, 6.07) is 14.6. The summed E-state index contributed by atoms with van der Waals surface area (Å²) in [5.74, 6) is -1.09. The number of benzene rings is 2. The maximum atomic E-state index is 12.2. The number of sulfonamides is 1. The molecule has 0 aliphatic carbocycles. The highest BCUT2D eigenvalue weighted by atomic mass is 32.2. The molecule has 0 bridgehead atoms. The third-order valence-electron chi connectivity index (χ3n) is 2.61. The lowest BCUT2D eigenvalue weighted by Crippen LogP contribution is -2.12. The highest BCUT2D eigenvalue weighted by Crippen LogP contribution is 2.17. The summed E-state index contributed by atoms with van der Waals surface area (Å²) in [6.45, 7) is 4.00. The lowest BCUT2D eigenvalue weighted by molar-refractivity contribution is -0.131. The predicted molar refractivity (Wildman–Crippen MR) is 91.7 cm³/mol. The number of rotatable bonds is 5. The molecule has 2 aromatic rings. The van der Waals surface area contributed by atoms with Gasteiger partial charge in [-0.25, -0.2) is 13.2 Å². The van der Waals surface area contributed by atoms with Gasteiger partial charge < -0.3 is 5.11 Å². The van der Waals surface area contributed by atoms with Crippen molar-refractivity contribution >= 4 is 27.8 Å². The molecule has 2 rings (SSSR count). The first-order chi connectivity index (χ1) is 11.0. The molecule has 0 aliphatic heterocycles. The lowest BCUT2D eigenvalue weighted by Gasteiger charge is -2.08. The van der Waals surface area contributed by atoms with E-state index < -0.39 is 16.0 Å². The van der Waals surface area contributed by atoms with Crippen molar-refractivity contribution in [3.05, 3.63) is 66.2 Å². The van der Waals surface area contributed by atoms with Crippen LogP contribution >= 0.6 is 0 Å². The highest BCUT2D eigenvalue weighted by molar-refractivity contribution is 7.92. The molecule has 0 heterocycles. The summed E-state index contributed by atoms with van der Waals surface area (Å²) in [4.78, 5) is 10.5. The van der Waals surface area contributed by atoms with Crippen LogP contribution in [0, 0.1) is 0 Å². The van der Waals surface area contributed by atoms with Crippen LogP contribution in [0.1, 0.15) is 19.4 Å². The quantitative estimate of drug-likeness (QED) is 0.819. The van der Waals surface area contributed by atoms with Gasteiger partial charge >= 0.3 is 5.97 Å². The Hall–Kier alpha value is -2.60. The fourth-order valence-electron chi connectivity index (χ4n) is 1.67. The predicted octanol–water partition coefficient (Wildman–Crippen LogP) is 3.61. The molecule has 0 spiro atoms. The van der Waals surface area contributed by atoms with Gasteiger partial charge in [0, 0.05) is 11.8 Å². The van der Waals surface area contributed by atoms with E-state index in [1.54, 1.807) is 42.5 Å². The monoisotopic (exact) mass is 333 g/mol. The van der Waals surface area contributed by atoms with Crippen molar-refractivity contribution in [1.29, 1.82) is 0 Å². The van der Waals surface area contributed by atoms with Gasteiger partial charge in [0.1, 0.15) is 0 Å². The third kappa shape index (κ3) is 5.96. The molecule has 6 heteroatoms. The number of hydrogen-bond acceptors (Lipinski definition) is 3. The zero-order valence-corrected chi connectivity index (χ0v) is 13.7. The molecule has 2 N–H and O–H groups in total. The van der Waals surface area contributed by atoms with Gasteiger partial charge in [-0.05, 0) is 35.9 Å². The van der Waals surface area contributed by atoms with Crippen LogP contribution in [0.4, 0.5) is 5.69 Å². The molecular formula is C17H19NO4S. The number of carbonyl (C=O) groups is 1. The van der Waals surface area contributed by atoms with Crippen LogP contribution in [-0.2, 0) is 14.8 Å². The Bertz CT molecular complexity index is 768. The summed E-state index contributed by atoms with van der Waals surface area (Å²) in [7, 11) is -3.71. The minimum absolute atomic E-state index is 0.0684. The summed E-state index contributed by atoms with van der Waals surface area (Å²) in [6.07, 6.45) is 2.29. The van der Waals surface area contributed by atoms with Crippen LogP contribution in [-0.4, -0.2) is 19.5 Å². The molecule has 0 atom stereocenters. The van der Waals surface area contributed by atoms with E-state index in [4.69, 9.17) is 5.11 Å². The van der Waals surface area contributed by atoms with Crippen molar-refractivity contribution in [3.8, 4) is 0 Å². The second-order valence-corrected chi connectivity index (χ2v) is 5.90. The number of para-hydroxylation sites is 1. The van der Waals surface area contributed by atoms with E-state index in [0.717, 1.165) is 6.08 Å². The summed E-state index contributed by atoms with van der Waals surface area (Å²) in [5.41, 5.74) is 0.956. The average molecular weight is 333 g/mol. The van der Waals surface area contributed by atoms with Crippen molar-refractivity contribution in [1.82, 2.24) is 0 Å². The molecule has 0 radical (unpaired) electrons. The second kappa shape index (κ2) is 8.75. The first-order valence-corrected chi connectivity index (χ1v) is 8.55. The van der Waals surface area contributed by atoms with Gasteiger partial charge in [0.05, 0.1) is 4.90 Å². The van der Waals surface area contributed by atoms with Crippen molar-refractivity contribution in [3.63, 3.8) is 0 Å². The van der Waals surface area contributed by atoms with Crippen LogP contribution in [0.5, 0.6) is 0 Å². The summed E-state index contributed by atoms with van der Waals surface area (Å²) in [5, 5.41) is 8.58. The van der Waals surface area contributed by atoms with Gasteiger partial charge in [0.15, 0.2) is 0 Å². The molecule has 5 nitrogen and oxygen atoms in total. The first-order valence-electron chi connectivity index (χ1n) is 7.06. The van der Waals surface area contributed by atoms with Crippen molar-refractivity contribution in [2.45, 2.75) is 18.7 Å². The van der Waals surface area contributed by atoms with Gasteiger partial charge in [0.25, 0.3) is 10.0 Å². The number of carboxylic acid groups (broad SMARTS) is 1. The van der Waals surface area contributed by atoms with Gasteiger partial charge in [-0.2, -0.15) is 0 Å². The summed E-state index contributed by atoms with van der Waals surface area (Å²) < 4.78 is 26.9. The SMILES string of the molecule is CC.O=C(O)/C=C/c1cccc(S(=O)(=O)Nc2ccccc2)c1. The van der Waals surface area contributed by atoms with E-state index >= 15 is 0 Å². The fourth-order valence-corrected chi connectivity index (χ4v) is 2.79. The van der Waals surface area contributed by atoms with Crippen LogP contribution in [0.3, 0.4) is 0 Å². The Morgan fingerprint density at radius 1 is 1.04 bits per heavy atom. The van der Waals surface area contributed by atoms with Crippen LogP contribution < -0.4 is 4.72 Å². The topological polar surface area (TPSA) is 83.5 Å². The first kappa shape index (κ1) is 18.4. The molecule has 122 valence electrons. The molecule has 0 aromatic heterocycles. The Balaban J connectivity index is 0.00000127. The van der Waals surface area contributed by atoms with Gasteiger partial charge in [-0.1, -0.05) is 44.2 Å². The molecule has 0 unspecified atom stereocenters.